The summed E-state index contributed by atoms with van der Waals surface area (Å²) in [5.41, 5.74) is 0.0363. The molecule has 0 aliphatic rings. The molecule has 2 N–H and O–H groups in total. The van der Waals surface area contributed by atoms with Crippen molar-refractivity contribution in [3.63, 3.8) is 0 Å². The Morgan fingerprint density at radius 1 is 1.45 bits per heavy atom. The van der Waals surface area contributed by atoms with Crippen LogP contribution in [0.4, 0.5) is 0 Å². The molecule has 0 aromatic heterocycles. The van der Waals surface area contributed by atoms with Gasteiger partial charge in [0, 0.05) is 6.42 Å². The van der Waals surface area contributed by atoms with Crippen LogP contribution < -0.4 is 10.1 Å². The van der Waals surface area contributed by atoms with Gasteiger partial charge in [-0.2, -0.15) is 0 Å². The highest BCUT2D eigenvalue weighted by molar-refractivity contribution is 5.80. The van der Waals surface area contributed by atoms with E-state index in [1.54, 1.807) is 27.0 Å². The normalized spacial score (nSPS) is 13.6. The van der Waals surface area contributed by atoms with Crippen LogP contribution in [0.2, 0.25) is 0 Å². The van der Waals surface area contributed by atoms with Crippen LogP contribution in [0.3, 0.4) is 0 Å². The van der Waals surface area contributed by atoms with Crippen molar-refractivity contribution in [1.82, 2.24) is 5.32 Å². The molecule has 1 rings (SSSR count). The van der Waals surface area contributed by atoms with Crippen molar-refractivity contribution in [2.75, 3.05) is 20.3 Å². The molecule has 5 heteroatoms. The van der Waals surface area contributed by atoms with Crippen molar-refractivity contribution >= 4 is 5.97 Å². The summed E-state index contributed by atoms with van der Waals surface area (Å²) in [5.74, 6) is 0.397. The molecular formula is C15H23NO4. The predicted molar refractivity (Wildman–Crippen MR) is 76.6 cm³/mol. The summed E-state index contributed by atoms with van der Waals surface area (Å²) in [5, 5.41) is 12.0. The Balaban J connectivity index is 2.54. The lowest BCUT2D eigenvalue weighted by molar-refractivity contribution is -0.150. The minimum Gasteiger partial charge on any atom is -0.493 e. The second-order valence-corrected chi connectivity index (χ2v) is 4.71. The molecule has 0 amide bonds. The summed E-state index contributed by atoms with van der Waals surface area (Å²) in [4.78, 5) is 11.9. The summed E-state index contributed by atoms with van der Waals surface area (Å²) in [6.07, 6.45) is 0.492. The fraction of sp³-hybridized carbons (Fsp3) is 0.533. The van der Waals surface area contributed by atoms with E-state index in [9.17, 15) is 4.79 Å². The van der Waals surface area contributed by atoms with E-state index in [0.29, 0.717) is 25.4 Å². The van der Waals surface area contributed by atoms with Gasteiger partial charge in [-0.05, 0) is 38.6 Å². The van der Waals surface area contributed by atoms with Gasteiger partial charge >= 0.3 is 5.97 Å². The molecule has 1 unspecified atom stereocenters. The third kappa shape index (κ3) is 4.51. The Morgan fingerprint density at radius 2 is 2.20 bits per heavy atom. The van der Waals surface area contributed by atoms with Gasteiger partial charge < -0.3 is 19.9 Å². The van der Waals surface area contributed by atoms with Crippen LogP contribution in [0.1, 0.15) is 25.8 Å². The number of aliphatic hydroxyl groups is 1. The molecular weight excluding hydrogens is 258 g/mol. The minimum absolute atomic E-state index is 0.0196. The zero-order valence-electron chi connectivity index (χ0n) is 12.3. The maximum absolute atomic E-state index is 11.9. The van der Waals surface area contributed by atoms with Crippen molar-refractivity contribution in [1.29, 1.82) is 0 Å². The van der Waals surface area contributed by atoms with Crippen molar-refractivity contribution in [3.8, 4) is 5.75 Å². The Morgan fingerprint density at radius 3 is 2.80 bits per heavy atom. The van der Waals surface area contributed by atoms with E-state index in [2.05, 4.69) is 5.32 Å². The zero-order valence-corrected chi connectivity index (χ0v) is 12.3. The molecule has 0 saturated heterocycles. The average molecular weight is 281 g/mol. The summed E-state index contributed by atoms with van der Waals surface area (Å²) >= 11 is 0. The lowest BCUT2D eigenvalue weighted by atomic mass is 9.99. The van der Waals surface area contributed by atoms with E-state index in [-0.39, 0.29) is 12.6 Å². The summed E-state index contributed by atoms with van der Waals surface area (Å²) in [7, 11) is 1.73. The SMILES string of the molecule is CCOC(=O)C(C)(CCOc1cccc(CO)c1)NC. The standard InChI is InChI=1S/C15H23NO4/c1-4-19-14(18)15(2,16-3)8-9-20-13-7-5-6-12(10-13)11-17/h5-7,10,16-17H,4,8-9,11H2,1-3H3. The first-order valence-corrected chi connectivity index (χ1v) is 6.74. The number of rotatable bonds is 8. The minimum atomic E-state index is -0.759. The number of esters is 1. The van der Waals surface area contributed by atoms with Crippen LogP contribution in [0.5, 0.6) is 5.75 Å². The summed E-state index contributed by atoms with van der Waals surface area (Å²) in [6.45, 7) is 4.29. The van der Waals surface area contributed by atoms with Crippen LogP contribution in [-0.4, -0.2) is 36.9 Å². The molecule has 0 fully saturated rings. The maximum Gasteiger partial charge on any atom is 0.326 e. The second kappa shape index (κ2) is 7.87. The molecule has 5 nitrogen and oxygen atoms in total. The fourth-order valence-corrected chi connectivity index (χ4v) is 1.73. The average Bonchev–Trinajstić information content (AvgIpc) is 2.47. The summed E-state index contributed by atoms with van der Waals surface area (Å²) in [6, 6.07) is 7.24. The first kappa shape index (κ1) is 16.5. The van der Waals surface area contributed by atoms with Gasteiger partial charge in [0.25, 0.3) is 0 Å². The van der Waals surface area contributed by atoms with Gasteiger partial charge in [-0.15, -0.1) is 0 Å². The number of benzene rings is 1. The first-order chi connectivity index (χ1) is 9.55. The number of nitrogens with one attached hydrogen (secondary N) is 1. The molecule has 0 heterocycles. The number of aliphatic hydroxyl groups excluding tert-OH is 1. The van der Waals surface area contributed by atoms with Crippen LogP contribution >= 0.6 is 0 Å². The van der Waals surface area contributed by atoms with E-state index in [4.69, 9.17) is 14.6 Å². The van der Waals surface area contributed by atoms with Crippen LogP contribution in [0.15, 0.2) is 24.3 Å². The predicted octanol–water partition coefficient (Wildman–Crippen LogP) is 1.49. The van der Waals surface area contributed by atoms with Gasteiger partial charge in [-0.25, -0.2) is 0 Å². The Labute approximate surface area is 119 Å². The van der Waals surface area contributed by atoms with Gasteiger partial charge in [-0.1, -0.05) is 12.1 Å². The molecule has 1 atom stereocenters. The number of carbonyl (C=O) groups excluding carboxylic acids is 1. The Kier molecular flexibility index (Phi) is 6.48. The smallest absolute Gasteiger partial charge is 0.326 e. The van der Waals surface area contributed by atoms with E-state index in [1.807, 2.05) is 18.2 Å². The van der Waals surface area contributed by atoms with Crippen molar-refractivity contribution in [3.05, 3.63) is 29.8 Å². The lowest BCUT2D eigenvalue weighted by Crippen LogP contribution is -2.49. The largest absolute Gasteiger partial charge is 0.493 e. The third-order valence-corrected chi connectivity index (χ3v) is 3.23. The van der Waals surface area contributed by atoms with E-state index >= 15 is 0 Å². The quantitative estimate of drug-likeness (QED) is 0.707. The molecule has 20 heavy (non-hydrogen) atoms. The molecule has 0 aliphatic heterocycles. The molecule has 0 spiro atoms. The van der Waals surface area contributed by atoms with Crippen LogP contribution in [0, 0.1) is 0 Å². The van der Waals surface area contributed by atoms with Crippen molar-refractivity contribution in [2.45, 2.75) is 32.4 Å². The lowest BCUT2D eigenvalue weighted by Gasteiger charge is -2.26. The number of hydrogen-bond donors (Lipinski definition) is 2. The fourth-order valence-electron chi connectivity index (χ4n) is 1.73. The number of carbonyl (C=O) groups is 1. The third-order valence-electron chi connectivity index (χ3n) is 3.23. The van der Waals surface area contributed by atoms with Crippen LogP contribution in [0.25, 0.3) is 0 Å². The molecule has 0 aliphatic carbocycles. The van der Waals surface area contributed by atoms with E-state index < -0.39 is 5.54 Å². The molecule has 1 aromatic carbocycles. The van der Waals surface area contributed by atoms with Crippen LogP contribution in [-0.2, 0) is 16.1 Å². The van der Waals surface area contributed by atoms with Gasteiger partial charge in [-0.3, -0.25) is 4.79 Å². The number of ether oxygens (including phenoxy) is 2. The number of hydrogen-bond acceptors (Lipinski definition) is 5. The van der Waals surface area contributed by atoms with Gasteiger partial charge in [0.1, 0.15) is 11.3 Å². The van der Waals surface area contributed by atoms with Crippen molar-refractivity contribution in [2.24, 2.45) is 0 Å². The topological polar surface area (TPSA) is 67.8 Å². The monoisotopic (exact) mass is 281 g/mol. The van der Waals surface area contributed by atoms with Gasteiger partial charge in [0.15, 0.2) is 0 Å². The van der Waals surface area contributed by atoms with Crippen molar-refractivity contribution < 1.29 is 19.4 Å². The molecule has 1 aromatic rings. The van der Waals surface area contributed by atoms with Gasteiger partial charge in [0.05, 0.1) is 19.8 Å². The molecule has 0 saturated carbocycles. The molecule has 0 radical (unpaired) electrons. The summed E-state index contributed by atoms with van der Waals surface area (Å²) < 4.78 is 10.7. The highest BCUT2D eigenvalue weighted by atomic mass is 16.5. The van der Waals surface area contributed by atoms with E-state index in [1.165, 1.54) is 0 Å². The second-order valence-electron chi connectivity index (χ2n) is 4.71. The zero-order chi connectivity index (χ0) is 15.0. The Hall–Kier alpha value is -1.59. The van der Waals surface area contributed by atoms with E-state index in [0.717, 1.165) is 5.56 Å². The highest BCUT2D eigenvalue weighted by Gasteiger charge is 2.32. The molecule has 0 bridgehead atoms. The van der Waals surface area contributed by atoms with Gasteiger partial charge in [0.2, 0.25) is 0 Å². The number of likely N-dealkylation sites (N-methyl/N-ethyl adjacent to an activating group) is 1. The molecule has 112 valence electrons. The Bertz CT molecular complexity index is 436. The highest BCUT2D eigenvalue weighted by Crippen LogP contribution is 2.16. The maximum atomic E-state index is 11.9. The first-order valence-electron chi connectivity index (χ1n) is 6.74.